The van der Waals surface area contributed by atoms with Crippen molar-refractivity contribution in [3.63, 3.8) is 0 Å². The number of hydrogen-bond acceptors (Lipinski definition) is 12. The van der Waals surface area contributed by atoms with Gasteiger partial charge in [0.2, 0.25) is 0 Å². The van der Waals surface area contributed by atoms with Crippen molar-refractivity contribution in [3.05, 3.63) is 35.4 Å². The van der Waals surface area contributed by atoms with Crippen molar-refractivity contribution in [2.75, 3.05) is 79.3 Å². The first-order valence-corrected chi connectivity index (χ1v) is 13.0. The highest BCUT2D eigenvalue weighted by molar-refractivity contribution is 5.95. The van der Waals surface area contributed by atoms with Gasteiger partial charge in [-0.1, -0.05) is 6.07 Å². The predicted octanol–water partition coefficient (Wildman–Crippen LogP) is 0.399. The van der Waals surface area contributed by atoms with Gasteiger partial charge in [0.05, 0.1) is 90.4 Å². The zero-order chi connectivity index (χ0) is 26.2. The van der Waals surface area contributed by atoms with E-state index in [9.17, 15) is 9.59 Å². The molecule has 0 aromatic heterocycles. The summed E-state index contributed by atoms with van der Waals surface area (Å²) in [4.78, 5) is 26.4. The average Bonchev–Trinajstić information content (AvgIpc) is 3.00. The molecule has 0 bridgehead atoms. The van der Waals surface area contributed by atoms with Crippen LogP contribution < -0.4 is 0 Å². The number of benzene rings is 1. The number of carbonyl (C=O) groups is 2. The van der Waals surface area contributed by atoms with Gasteiger partial charge in [0.15, 0.2) is 12.2 Å². The van der Waals surface area contributed by atoms with Crippen LogP contribution in [0.1, 0.15) is 20.7 Å². The number of esters is 2. The van der Waals surface area contributed by atoms with E-state index in [0.29, 0.717) is 52.9 Å². The lowest BCUT2D eigenvalue weighted by molar-refractivity contribution is -0.194. The molecule has 0 spiro atoms. The first-order valence-electron chi connectivity index (χ1n) is 13.0. The highest BCUT2D eigenvalue weighted by Crippen LogP contribution is 2.22. The molecule has 4 heterocycles. The van der Waals surface area contributed by atoms with Gasteiger partial charge >= 0.3 is 11.9 Å². The summed E-state index contributed by atoms with van der Waals surface area (Å²) < 4.78 is 56.9. The lowest BCUT2D eigenvalue weighted by Crippen LogP contribution is -2.51. The summed E-state index contributed by atoms with van der Waals surface area (Å²) in [6, 6.07) is 6.17. The summed E-state index contributed by atoms with van der Waals surface area (Å²) in [5.74, 6) is -1.25. The van der Waals surface area contributed by atoms with E-state index in [4.69, 9.17) is 47.4 Å². The maximum Gasteiger partial charge on any atom is 0.338 e. The molecule has 0 radical (unpaired) electrons. The van der Waals surface area contributed by atoms with Crippen molar-refractivity contribution < 1.29 is 57.0 Å². The molecule has 4 aliphatic rings. The molecular formula is C26H34O12. The van der Waals surface area contributed by atoms with Crippen molar-refractivity contribution in [2.45, 2.75) is 36.6 Å². The molecule has 1 aromatic rings. The van der Waals surface area contributed by atoms with Gasteiger partial charge in [-0.05, 0) is 18.2 Å². The summed E-state index contributed by atoms with van der Waals surface area (Å²) in [5, 5.41) is 0. The maximum atomic E-state index is 13.2. The second-order valence-corrected chi connectivity index (χ2v) is 9.26. The Morgan fingerprint density at radius 1 is 0.579 bits per heavy atom. The predicted molar refractivity (Wildman–Crippen MR) is 127 cm³/mol. The molecule has 4 unspecified atom stereocenters. The zero-order valence-electron chi connectivity index (χ0n) is 21.2. The SMILES string of the molecule is O=C(OC(C1COCCO1)C1COCCO1)c1cccc(C(=O)OC(C2COCCO2)C2COCCO2)c1. The lowest BCUT2D eigenvalue weighted by atomic mass is 10.1. The third-order valence-corrected chi connectivity index (χ3v) is 6.65. The molecule has 210 valence electrons. The van der Waals surface area contributed by atoms with Crippen LogP contribution in [-0.4, -0.2) is 128 Å². The van der Waals surface area contributed by atoms with Crippen molar-refractivity contribution in [2.24, 2.45) is 0 Å². The molecule has 4 atom stereocenters. The molecule has 38 heavy (non-hydrogen) atoms. The van der Waals surface area contributed by atoms with Crippen LogP contribution in [-0.2, 0) is 47.4 Å². The number of hydrogen-bond donors (Lipinski definition) is 0. The highest BCUT2D eigenvalue weighted by Gasteiger charge is 2.39. The topological polar surface area (TPSA) is 126 Å². The molecular weight excluding hydrogens is 504 g/mol. The Balaban J connectivity index is 1.27. The standard InChI is InChI=1S/C26H34O12/c27-25(37-23(19-13-29-4-8-33-19)20-14-30-5-9-34-20)17-2-1-3-18(12-17)26(28)38-24(21-15-31-6-10-35-21)22-16-32-7-11-36-22/h1-3,12,19-24H,4-11,13-16H2. The Hall–Kier alpha value is -2.16. The fourth-order valence-corrected chi connectivity index (χ4v) is 4.72. The van der Waals surface area contributed by atoms with Crippen molar-refractivity contribution in [1.29, 1.82) is 0 Å². The molecule has 5 rings (SSSR count). The van der Waals surface area contributed by atoms with E-state index in [1.54, 1.807) is 18.2 Å². The number of ether oxygens (including phenoxy) is 10. The largest absolute Gasteiger partial charge is 0.453 e. The van der Waals surface area contributed by atoms with Gasteiger partial charge in [0.25, 0.3) is 0 Å². The van der Waals surface area contributed by atoms with Crippen molar-refractivity contribution >= 4 is 11.9 Å². The van der Waals surface area contributed by atoms with Gasteiger partial charge in [-0.15, -0.1) is 0 Å². The lowest BCUT2D eigenvalue weighted by Gasteiger charge is -2.36. The highest BCUT2D eigenvalue weighted by atomic mass is 16.6. The normalized spacial score (nSPS) is 30.1. The van der Waals surface area contributed by atoms with Crippen LogP contribution >= 0.6 is 0 Å². The van der Waals surface area contributed by atoms with E-state index in [0.717, 1.165) is 0 Å². The maximum absolute atomic E-state index is 13.2. The Morgan fingerprint density at radius 3 is 1.21 bits per heavy atom. The quantitative estimate of drug-likeness (QED) is 0.425. The molecule has 4 saturated heterocycles. The summed E-state index contributed by atoms with van der Waals surface area (Å²) in [7, 11) is 0. The molecule has 0 saturated carbocycles. The monoisotopic (exact) mass is 538 g/mol. The van der Waals surface area contributed by atoms with Crippen LogP contribution in [0, 0.1) is 0 Å². The second-order valence-electron chi connectivity index (χ2n) is 9.26. The van der Waals surface area contributed by atoms with Gasteiger partial charge in [0, 0.05) is 0 Å². The van der Waals surface area contributed by atoms with E-state index in [1.807, 2.05) is 0 Å². The minimum absolute atomic E-state index is 0.184. The van der Waals surface area contributed by atoms with Gasteiger partial charge in [-0.3, -0.25) is 0 Å². The Labute approximate surface area is 220 Å². The number of carbonyl (C=O) groups excluding carboxylic acids is 2. The van der Waals surface area contributed by atoms with Gasteiger partial charge in [0.1, 0.15) is 24.4 Å². The third-order valence-electron chi connectivity index (χ3n) is 6.65. The van der Waals surface area contributed by atoms with E-state index < -0.39 is 48.6 Å². The summed E-state index contributed by atoms with van der Waals surface area (Å²) in [6.45, 7) is 4.52. The minimum Gasteiger partial charge on any atom is -0.453 e. The first kappa shape index (κ1) is 27.4. The van der Waals surface area contributed by atoms with E-state index >= 15 is 0 Å². The first-order chi connectivity index (χ1) is 18.7. The summed E-state index contributed by atoms with van der Waals surface area (Å²) in [5.41, 5.74) is 0.368. The number of rotatable bonds is 8. The van der Waals surface area contributed by atoms with Crippen molar-refractivity contribution in [3.8, 4) is 0 Å². The van der Waals surface area contributed by atoms with Crippen molar-refractivity contribution in [1.82, 2.24) is 0 Å². The fraction of sp³-hybridized carbons (Fsp3) is 0.692. The van der Waals surface area contributed by atoms with Crippen LogP contribution in [0.25, 0.3) is 0 Å². The van der Waals surface area contributed by atoms with Crippen LogP contribution in [0.2, 0.25) is 0 Å². The fourth-order valence-electron chi connectivity index (χ4n) is 4.72. The smallest absolute Gasteiger partial charge is 0.338 e. The second kappa shape index (κ2) is 13.8. The molecule has 1 aromatic carbocycles. The zero-order valence-corrected chi connectivity index (χ0v) is 21.2. The Bertz CT molecular complexity index is 796. The van der Waals surface area contributed by atoms with E-state index in [2.05, 4.69) is 0 Å². The van der Waals surface area contributed by atoms with Gasteiger partial charge < -0.3 is 47.4 Å². The molecule has 4 fully saturated rings. The van der Waals surface area contributed by atoms with Gasteiger partial charge in [-0.2, -0.15) is 0 Å². The molecule has 12 nitrogen and oxygen atoms in total. The van der Waals surface area contributed by atoms with E-state index in [-0.39, 0.29) is 37.6 Å². The molecule has 12 heteroatoms. The molecule has 0 aliphatic carbocycles. The van der Waals surface area contributed by atoms with Crippen LogP contribution in [0.4, 0.5) is 0 Å². The molecule has 0 amide bonds. The Morgan fingerprint density at radius 2 is 0.921 bits per heavy atom. The average molecular weight is 539 g/mol. The molecule has 4 aliphatic heterocycles. The Kier molecular flexibility index (Phi) is 9.93. The van der Waals surface area contributed by atoms with E-state index in [1.165, 1.54) is 6.07 Å². The summed E-state index contributed by atoms with van der Waals surface area (Å²) >= 11 is 0. The molecule has 0 N–H and O–H groups in total. The minimum atomic E-state index is -0.741. The third kappa shape index (κ3) is 7.07. The van der Waals surface area contributed by atoms with Gasteiger partial charge in [-0.25, -0.2) is 9.59 Å². The van der Waals surface area contributed by atoms with Crippen LogP contribution in [0.5, 0.6) is 0 Å². The van der Waals surface area contributed by atoms with Crippen LogP contribution in [0.3, 0.4) is 0 Å². The summed E-state index contributed by atoms with van der Waals surface area (Å²) in [6.07, 6.45) is -3.47. The van der Waals surface area contributed by atoms with Crippen LogP contribution in [0.15, 0.2) is 24.3 Å².